The minimum Gasteiger partial charge on any atom is -0.249 e. The first-order chi connectivity index (χ1) is 7.28. The predicted octanol–water partition coefficient (Wildman–Crippen LogP) is 1.34. The molecule has 0 N–H and O–H groups in total. The third-order valence-electron chi connectivity index (χ3n) is 1.90. The fourth-order valence-electron chi connectivity index (χ4n) is 1.31. The molecule has 2 aromatic rings. The van der Waals surface area contributed by atoms with Crippen molar-refractivity contribution in [1.29, 1.82) is 5.26 Å². The number of nitrogens with zero attached hydrogens (tertiary/aromatic N) is 4. The van der Waals surface area contributed by atoms with Crippen LogP contribution in [0.2, 0.25) is 0 Å². The van der Waals surface area contributed by atoms with Crippen molar-refractivity contribution >= 4 is 0 Å². The van der Waals surface area contributed by atoms with Gasteiger partial charge in [0.1, 0.15) is 18.5 Å². The number of hydrogen-bond acceptors (Lipinski definition) is 3. The molecule has 0 unspecified atom stereocenters. The van der Waals surface area contributed by atoms with Crippen LogP contribution in [0.3, 0.4) is 0 Å². The number of rotatable bonds is 2. The molecule has 1 aromatic carbocycles. The zero-order valence-corrected chi connectivity index (χ0v) is 7.76. The lowest BCUT2D eigenvalue weighted by Crippen LogP contribution is -2.00. The van der Waals surface area contributed by atoms with Gasteiger partial charge in [-0.2, -0.15) is 10.4 Å². The van der Waals surface area contributed by atoms with E-state index in [2.05, 4.69) is 10.1 Å². The lowest BCUT2D eigenvalue weighted by molar-refractivity contribution is 0.618. The first-order valence-electron chi connectivity index (χ1n) is 4.30. The minimum absolute atomic E-state index is 0.310. The van der Waals surface area contributed by atoms with Crippen molar-refractivity contribution in [3.05, 3.63) is 47.8 Å². The van der Waals surface area contributed by atoms with Crippen LogP contribution in [-0.2, 0) is 6.54 Å². The average Bonchev–Trinajstić information content (AvgIpc) is 2.69. The molecule has 0 radical (unpaired) electrons. The van der Waals surface area contributed by atoms with Gasteiger partial charge >= 0.3 is 0 Å². The van der Waals surface area contributed by atoms with Crippen molar-refractivity contribution in [2.24, 2.45) is 0 Å². The minimum atomic E-state index is -0.413. The number of hydrogen-bond donors (Lipinski definition) is 0. The van der Waals surface area contributed by atoms with Gasteiger partial charge in [0.2, 0.25) is 0 Å². The summed E-state index contributed by atoms with van der Waals surface area (Å²) in [6.45, 7) is 0.409. The van der Waals surface area contributed by atoms with Gasteiger partial charge in [0.15, 0.2) is 0 Å². The maximum Gasteiger partial charge on any atom is 0.137 e. The number of benzene rings is 1. The van der Waals surface area contributed by atoms with Crippen LogP contribution in [0.15, 0.2) is 30.9 Å². The zero-order chi connectivity index (χ0) is 10.7. The maximum atomic E-state index is 13.0. The third-order valence-corrected chi connectivity index (χ3v) is 1.90. The van der Waals surface area contributed by atoms with Crippen LogP contribution < -0.4 is 0 Å². The van der Waals surface area contributed by atoms with Crippen LogP contribution in [0.1, 0.15) is 11.1 Å². The van der Waals surface area contributed by atoms with Gasteiger partial charge in [0.05, 0.1) is 18.2 Å². The molecule has 0 saturated heterocycles. The molecule has 0 aliphatic rings. The first kappa shape index (κ1) is 9.34. The molecule has 0 spiro atoms. The second-order valence-corrected chi connectivity index (χ2v) is 3.05. The van der Waals surface area contributed by atoms with E-state index in [1.165, 1.54) is 24.8 Å². The van der Waals surface area contributed by atoms with Crippen molar-refractivity contribution in [3.8, 4) is 6.07 Å². The SMILES string of the molecule is N#Cc1cc(F)cc(Cn2cncn2)c1. The molecule has 0 amide bonds. The van der Waals surface area contributed by atoms with Gasteiger partial charge < -0.3 is 0 Å². The van der Waals surface area contributed by atoms with E-state index in [0.29, 0.717) is 17.7 Å². The summed E-state index contributed by atoms with van der Waals surface area (Å²) in [4.78, 5) is 3.78. The van der Waals surface area contributed by atoms with E-state index in [1.807, 2.05) is 6.07 Å². The van der Waals surface area contributed by atoms with Crippen LogP contribution in [0, 0.1) is 17.1 Å². The molecule has 2 rings (SSSR count). The summed E-state index contributed by atoms with van der Waals surface area (Å²) >= 11 is 0. The van der Waals surface area contributed by atoms with Crippen LogP contribution in [0.4, 0.5) is 4.39 Å². The van der Waals surface area contributed by atoms with E-state index >= 15 is 0 Å². The van der Waals surface area contributed by atoms with E-state index in [4.69, 9.17) is 5.26 Å². The smallest absolute Gasteiger partial charge is 0.137 e. The summed E-state index contributed by atoms with van der Waals surface area (Å²) in [5.74, 6) is -0.413. The molecule has 15 heavy (non-hydrogen) atoms. The van der Waals surface area contributed by atoms with Crippen molar-refractivity contribution in [3.63, 3.8) is 0 Å². The third kappa shape index (κ3) is 2.17. The summed E-state index contributed by atoms with van der Waals surface area (Å²) in [5, 5.41) is 12.6. The quantitative estimate of drug-likeness (QED) is 0.738. The van der Waals surface area contributed by atoms with Gasteiger partial charge in [-0.1, -0.05) is 0 Å². The highest BCUT2D eigenvalue weighted by atomic mass is 19.1. The highest BCUT2D eigenvalue weighted by Gasteiger charge is 2.01. The molecular weight excluding hydrogens is 195 g/mol. The standard InChI is InChI=1S/C10H7FN4/c11-10-2-8(4-12)1-9(3-10)5-15-7-13-6-14-15/h1-3,6-7H,5H2. The van der Waals surface area contributed by atoms with Crippen molar-refractivity contribution in [1.82, 2.24) is 14.8 Å². The lowest BCUT2D eigenvalue weighted by atomic mass is 10.1. The normalized spacial score (nSPS) is 9.87. The first-order valence-corrected chi connectivity index (χ1v) is 4.30. The Bertz CT molecular complexity index is 499. The summed E-state index contributed by atoms with van der Waals surface area (Å²) in [7, 11) is 0. The zero-order valence-electron chi connectivity index (χ0n) is 7.76. The Balaban J connectivity index is 2.29. The van der Waals surface area contributed by atoms with E-state index in [0.717, 1.165) is 0 Å². The topological polar surface area (TPSA) is 54.5 Å². The molecule has 0 aliphatic heterocycles. The van der Waals surface area contributed by atoms with Crippen LogP contribution in [0.5, 0.6) is 0 Å². The second kappa shape index (κ2) is 3.88. The monoisotopic (exact) mass is 202 g/mol. The largest absolute Gasteiger partial charge is 0.249 e. The highest BCUT2D eigenvalue weighted by Crippen LogP contribution is 2.09. The highest BCUT2D eigenvalue weighted by molar-refractivity contribution is 5.33. The van der Waals surface area contributed by atoms with Crippen LogP contribution in [-0.4, -0.2) is 14.8 Å². The molecule has 1 heterocycles. The fourth-order valence-corrected chi connectivity index (χ4v) is 1.31. The van der Waals surface area contributed by atoms with Crippen molar-refractivity contribution in [2.45, 2.75) is 6.54 Å². The Morgan fingerprint density at radius 2 is 2.27 bits per heavy atom. The number of nitriles is 1. The van der Waals surface area contributed by atoms with Gasteiger partial charge in [-0.05, 0) is 23.8 Å². The van der Waals surface area contributed by atoms with Gasteiger partial charge in [0.25, 0.3) is 0 Å². The van der Waals surface area contributed by atoms with Crippen molar-refractivity contribution < 1.29 is 4.39 Å². The van der Waals surface area contributed by atoms with Gasteiger partial charge in [0, 0.05) is 0 Å². The second-order valence-electron chi connectivity index (χ2n) is 3.05. The van der Waals surface area contributed by atoms with Crippen molar-refractivity contribution in [2.75, 3.05) is 0 Å². The molecule has 0 fully saturated rings. The van der Waals surface area contributed by atoms with Gasteiger partial charge in [-0.3, -0.25) is 0 Å². The molecule has 0 saturated carbocycles. The molecule has 1 aromatic heterocycles. The van der Waals surface area contributed by atoms with Crippen LogP contribution >= 0.6 is 0 Å². The maximum absolute atomic E-state index is 13.0. The average molecular weight is 202 g/mol. The molecule has 4 nitrogen and oxygen atoms in total. The molecule has 0 aliphatic carbocycles. The Labute approximate surface area is 85.6 Å². The summed E-state index contributed by atoms with van der Waals surface area (Å²) < 4.78 is 14.6. The molecule has 5 heteroatoms. The lowest BCUT2D eigenvalue weighted by Gasteiger charge is -2.01. The number of aromatic nitrogens is 3. The Hall–Kier alpha value is -2.22. The number of halogens is 1. The summed E-state index contributed by atoms with van der Waals surface area (Å²) in [6, 6.07) is 6.11. The van der Waals surface area contributed by atoms with E-state index in [1.54, 1.807) is 10.7 Å². The Morgan fingerprint density at radius 1 is 1.40 bits per heavy atom. The molecule has 0 bridgehead atoms. The van der Waals surface area contributed by atoms with E-state index in [-0.39, 0.29) is 0 Å². The fraction of sp³-hybridized carbons (Fsp3) is 0.100. The molecule has 74 valence electrons. The summed E-state index contributed by atoms with van der Waals surface area (Å²) in [6.07, 6.45) is 2.95. The molecular formula is C10H7FN4. The predicted molar refractivity (Wildman–Crippen MR) is 50.2 cm³/mol. The van der Waals surface area contributed by atoms with Gasteiger partial charge in [-0.25, -0.2) is 14.1 Å². The Morgan fingerprint density at radius 3 is 2.93 bits per heavy atom. The van der Waals surface area contributed by atoms with E-state index in [9.17, 15) is 4.39 Å². The van der Waals surface area contributed by atoms with Gasteiger partial charge in [-0.15, -0.1) is 0 Å². The Kier molecular flexibility index (Phi) is 2.42. The van der Waals surface area contributed by atoms with Crippen LogP contribution in [0.25, 0.3) is 0 Å². The van der Waals surface area contributed by atoms with E-state index < -0.39 is 5.82 Å². The molecule has 0 atom stereocenters. The summed E-state index contributed by atoms with van der Waals surface area (Å²) in [5.41, 5.74) is 1.00.